The molecule has 2 rings (SSSR count). The molecule has 3 N–H and O–H groups in total. The first-order chi connectivity index (χ1) is 12.5. The summed E-state index contributed by atoms with van der Waals surface area (Å²) in [5, 5.41) is 17.1. The lowest BCUT2D eigenvalue weighted by atomic mass is 10.1. The van der Waals surface area contributed by atoms with E-state index in [2.05, 4.69) is 25.5 Å². The van der Waals surface area contributed by atoms with E-state index in [-0.39, 0.29) is 0 Å². The molecule has 0 radical (unpaired) electrons. The van der Waals surface area contributed by atoms with Crippen LogP contribution in [0.25, 0.3) is 0 Å². The van der Waals surface area contributed by atoms with Crippen LogP contribution in [0.5, 0.6) is 5.88 Å². The summed E-state index contributed by atoms with van der Waals surface area (Å²) in [7, 11) is 1.60. The maximum absolute atomic E-state index is 10.7. The smallest absolute Gasteiger partial charge is 0.218 e. The van der Waals surface area contributed by atoms with Gasteiger partial charge in [0, 0.05) is 44.5 Å². The molecule has 0 spiro atoms. The number of hydrogen-bond donors (Lipinski definition) is 3. The topological polar surface area (TPSA) is 91.2 Å². The summed E-state index contributed by atoms with van der Waals surface area (Å²) < 4.78 is 10.6. The van der Waals surface area contributed by atoms with Crippen LogP contribution >= 0.6 is 0 Å². The van der Waals surface area contributed by atoms with Crippen molar-refractivity contribution in [3.8, 4) is 5.88 Å². The molecule has 1 aromatic rings. The molecule has 0 amide bonds. The summed E-state index contributed by atoms with van der Waals surface area (Å²) in [5.74, 6) is 1.23. The molecule has 1 aliphatic rings. The van der Waals surface area contributed by atoms with Gasteiger partial charge in [0.2, 0.25) is 5.88 Å². The number of ether oxygens (including phenoxy) is 2. The first-order valence-corrected chi connectivity index (χ1v) is 9.06. The molecule has 1 aliphatic heterocycles. The fourth-order valence-electron chi connectivity index (χ4n) is 2.81. The van der Waals surface area contributed by atoms with Gasteiger partial charge in [-0.3, -0.25) is 4.90 Å². The Morgan fingerprint density at radius 2 is 2.19 bits per heavy atom. The van der Waals surface area contributed by atoms with E-state index in [1.54, 1.807) is 13.3 Å². The van der Waals surface area contributed by atoms with E-state index in [4.69, 9.17) is 9.47 Å². The number of guanidine groups is 1. The van der Waals surface area contributed by atoms with Gasteiger partial charge in [0.1, 0.15) is 0 Å². The highest BCUT2D eigenvalue weighted by Gasteiger charge is 2.25. The summed E-state index contributed by atoms with van der Waals surface area (Å²) in [6.07, 6.45) is 1.69. The van der Waals surface area contributed by atoms with E-state index in [0.29, 0.717) is 31.5 Å². The Morgan fingerprint density at radius 1 is 1.42 bits per heavy atom. The summed E-state index contributed by atoms with van der Waals surface area (Å²) in [6, 6.07) is 3.80. The zero-order chi connectivity index (χ0) is 18.8. The number of β-amino-alcohol motifs (C(OH)–C–C–N with tert-alkyl or cyclic N) is 1. The Balaban J connectivity index is 1.91. The number of nitrogens with one attached hydrogen (secondary N) is 2. The van der Waals surface area contributed by atoms with Gasteiger partial charge in [-0.05, 0) is 19.9 Å². The minimum absolute atomic E-state index is 0.403. The van der Waals surface area contributed by atoms with Crippen molar-refractivity contribution < 1.29 is 14.6 Å². The number of aliphatic imine (C=N–C) groups is 1. The highest BCUT2D eigenvalue weighted by atomic mass is 16.5. The first-order valence-electron chi connectivity index (χ1n) is 9.06. The molecule has 8 heteroatoms. The van der Waals surface area contributed by atoms with E-state index in [1.807, 2.05) is 26.0 Å². The Bertz CT molecular complexity index is 574. The third-order valence-corrected chi connectivity index (χ3v) is 4.10. The Kier molecular flexibility index (Phi) is 8.08. The molecule has 2 heterocycles. The number of nitrogens with zero attached hydrogens (tertiary/aromatic N) is 3. The molecule has 0 aromatic carbocycles. The molecule has 8 nitrogen and oxygen atoms in total. The molecule has 0 bridgehead atoms. The number of rotatable bonds is 8. The lowest BCUT2D eigenvalue weighted by Gasteiger charge is -2.34. The van der Waals surface area contributed by atoms with E-state index in [0.717, 1.165) is 38.4 Å². The van der Waals surface area contributed by atoms with Gasteiger partial charge in [-0.1, -0.05) is 6.07 Å². The molecule has 1 atom stereocenters. The zero-order valence-electron chi connectivity index (χ0n) is 16.0. The summed E-state index contributed by atoms with van der Waals surface area (Å²) >= 11 is 0. The van der Waals surface area contributed by atoms with E-state index >= 15 is 0 Å². The second-order valence-corrected chi connectivity index (χ2v) is 6.61. The minimum Gasteiger partial charge on any atom is -0.481 e. The van der Waals surface area contributed by atoms with Crippen LogP contribution in [0.1, 0.15) is 19.4 Å². The normalized spacial score (nSPS) is 18.2. The van der Waals surface area contributed by atoms with E-state index < -0.39 is 5.60 Å². The second kappa shape index (κ2) is 10.3. The van der Waals surface area contributed by atoms with Gasteiger partial charge in [-0.2, -0.15) is 0 Å². The second-order valence-electron chi connectivity index (χ2n) is 6.61. The number of methoxy groups -OCH3 is 1. The molecule has 146 valence electrons. The third kappa shape index (κ3) is 6.78. The van der Waals surface area contributed by atoms with E-state index in [9.17, 15) is 5.11 Å². The van der Waals surface area contributed by atoms with Crippen molar-refractivity contribution in [2.75, 3.05) is 53.0 Å². The highest BCUT2D eigenvalue weighted by molar-refractivity contribution is 5.79. The van der Waals surface area contributed by atoms with Gasteiger partial charge in [0.05, 0.1) is 32.5 Å². The van der Waals surface area contributed by atoms with Crippen LogP contribution in [-0.2, 0) is 11.3 Å². The van der Waals surface area contributed by atoms with Crippen LogP contribution in [0.3, 0.4) is 0 Å². The van der Waals surface area contributed by atoms with Crippen LogP contribution < -0.4 is 15.4 Å². The molecule has 0 saturated carbocycles. The van der Waals surface area contributed by atoms with Gasteiger partial charge in [-0.15, -0.1) is 0 Å². The van der Waals surface area contributed by atoms with Crippen molar-refractivity contribution in [1.29, 1.82) is 0 Å². The number of aliphatic hydroxyl groups is 1. The Morgan fingerprint density at radius 3 is 2.88 bits per heavy atom. The van der Waals surface area contributed by atoms with Crippen LogP contribution in [0.15, 0.2) is 23.3 Å². The molecule has 0 aliphatic carbocycles. The Hall–Kier alpha value is -1.90. The molecule has 1 aromatic heterocycles. The van der Waals surface area contributed by atoms with Crippen molar-refractivity contribution in [2.45, 2.75) is 26.0 Å². The maximum atomic E-state index is 10.7. The molecule has 1 saturated heterocycles. The summed E-state index contributed by atoms with van der Waals surface area (Å²) in [6.45, 7) is 9.17. The van der Waals surface area contributed by atoms with Gasteiger partial charge in [0.25, 0.3) is 0 Å². The summed E-state index contributed by atoms with van der Waals surface area (Å²) in [4.78, 5) is 11.0. The van der Waals surface area contributed by atoms with Crippen molar-refractivity contribution in [3.63, 3.8) is 0 Å². The van der Waals surface area contributed by atoms with Gasteiger partial charge in [-0.25, -0.2) is 9.98 Å². The number of aromatic nitrogens is 1. The monoisotopic (exact) mass is 365 g/mol. The first kappa shape index (κ1) is 20.4. The predicted molar refractivity (Wildman–Crippen MR) is 101 cm³/mol. The highest BCUT2D eigenvalue weighted by Crippen LogP contribution is 2.14. The lowest BCUT2D eigenvalue weighted by molar-refractivity contribution is -0.0201. The number of morpholine rings is 1. The van der Waals surface area contributed by atoms with Gasteiger partial charge < -0.3 is 25.2 Å². The SMILES string of the molecule is CCNC(=NCc1cccnc1OC)NCC(C)(O)CN1CCOCC1. The third-order valence-electron chi connectivity index (χ3n) is 4.10. The maximum Gasteiger partial charge on any atom is 0.218 e. The number of pyridine rings is 1. The fraction of sp³-hybridized carbons (Fsp3) is 0.667. The molecule has 26 heavy (non-hydrogen) atoms. The van der Waals surface area contributed by atoms with Gasteiger partial charge in [0.15, 0.2) is 5.96 Å². The molecule has 1 unspecified atom stereocenters. The average Bonchev–Trinajstić information content (AvgIpc) is 2.64. The average molecular weight is 365 g/mol. The molecular weight excluding hydrogens is 334 g/mol. The van der Waals surface area contributed by atoms with Crippen LogP contribution in [0, 0.1) is 0 Å². The molecule has 1 fully saturated rings. The van der Waals surface area contributed by atoms with Crippen molar-refractivity contribution >= 4 is 5.96 Å². The minimum atomic E-state index is -0.862. The van der Waals surface area contributed by atoms with Crippen LogP contribution in [-0.4, -0.2) is 79.6 Å². The quantitative estimate of drug-likeness (QED) is 0.449. The van der Waals surface area contributed by atoms with Crippen molar-refractivity contribution in [2.24, 2.45) is 4.99 Å². The molecular formula is C18H31N5O3. The standard InChI is InChI=1S/C18H31N5O3/c1-4-19-17(21-12-15-6-5-7-20-16(15)25-3)22-13-18(2,24)14-23-8-10-26-11-9-23/h5-7,24H,4,8-14H2,1-3H3,(H2,19,21,22). The van der Waals surface area contributed by atoms with Crippen LogP contribution in [0.4, 0.5) is 0 Å². The van der Waals surface area contributed by atoms with Gasteiger partial charge >= 0.3 is 0 Å². The number of hydrogen-bond acceptors (Lipinski definition) is 6. The summed E-state index contributed by atoms with van der Waals surface area (Å²) in [5.41, 5.74) is 0.0479. The zero-order valence-corrected chi connectivity index (χ0v) is 16.0. The van der Waals surface area contributed by atoms with Crippen LogP contribution in [0.2, 0.25) is 0 Å². The lowest BCUT2D eigenvalue weighted by Crippen LogP contribution is -2.52. The van der Waals surface area contributed by atoms with Crippen molar-refractivity contribution in [3.05, 3.63) is 23.9 Å². The Labute approximate surface area is 155 Å². The largest absolute Gasteiger partial charge is 0.481 e. The van der Waals surface area contributed by atoms with E-state index in [1.165, 1.54) is 0 Å². The van der Waals surface area contributed by atoms with Crippen molar-refractivity contribution in [1.82, 2.24) is 20.5 Å². The predicted octanol–water partition coefficient (Wildman–Crippen LogP) is 0.229. The fourth-order valence-corrected chi connectivity index (χ4v) is 2.81.